The summed E-state index contributed by atoms with van der Waals surface area (Å²) in [5.74, 6) is 1.43. The zero-order chi connectivity index (χ0) is 17.9. The average molecular weight is 373 g/mol. The Morgan fingerprint density at radius 1 is 1.19 bits per heavy atom. The van der Waals surface area contributed by atoms with E-state index in [0.717, 1.165) is 42.5 Å². The maximum absolute atomic E-state index is 6.18. The minimum absolute atomic E-state index is 0.268. The molecule has 0 aromatic heterocycles. The Kier molecular flexibility index (Phi) is 5.46. The van der Waals surface area contributed by atoms with Crippen molar-refractivity contribution in [1.82, 2.24) is 10.6 Å². The number of hydrogen-bond donors (Lipinski definition) is 2. The smallest absolute Gasteiger partial charge is 0.123 e. The lowest BCUT2D eigenvalue weighted by molar-refractivity contribution is 0.182. The highest BCUT2D eigenvalue weighted by atomic mass is 35.5. The fourth-order valence-corrected chi connectivity index (χ4v) is 4.34. The van der Waals surface area contributed by atoms with Crippen LogP contribution >= 0.6 is 11.6 Å². The average Bonchev–Trinajstić information content (AvgIpc) is 3.14. The Morgan fingerprint density at radius 2 is 2.04 bits per heavy atom. The zero-order valence-electron chi connectivity index (χ0n) is 15.0. The molecular weight excluding hydrogens is 348 g/mol. The molecule has 0 aliphatic carbocycles. The molecular formula is C21H25ClN2O2. The van der Waals surface area contributed by atoms with Crippen LogP contribution in [0.1, 0.15) is 23.6 Å². The van der Waals surface area contributed by atoms with E-state index in [4.69, 9.17) is 21.1 Å². The Bertz CT molecular complexity index is 740. The van der Waals surface area contributed by atoms with Gasteiger partial charge in [0, 0.05) is 41.2 Å². The summed E-state index contributed by atoms with van der Waals surface area (Å²) in [4.78, 5) is 0. The zero-order valence-corrected chi connectivity index (χ0v) is 15.7. The quantitative estimate of drug-likeness (QED) is 0.842. The van der Waals surface area contributed by atoms with E-state index in [1.807, 2.05) is 18.2 Å². The third kappa shape index (κ3) is 3.74. The predicted molar refractivity (Wildman–Crippen MR) is 104 cm³/mol. The van der Waals surface area contributed by atoms with Crippen LogP contribution in [-0.4, -0.2) is 32.4 Å². The fraction of sp³-hybridized carbons (Fsp3) is 0.429. The van der Waals surface area contributed by atoms with Crippen LogP contribution in [0, 0.1) is 5.92 Å². The molecule has 138 valence electrons. The van der Waals surface area contributed by atoms with Crippen molar-refractivity contribution < 1.29 is 9.47 Å². The van der Waals surface area contributed by atoms with Crippen molar-refractivity contribution in [2.45, 2.75) is 31.1 Å². The summed E-state index contributed by atoms with van der Waals surface area (Å²) in [6, 6.07) is 17.5. The molecule has 2 fully saturated rings. The van der Waals surface area contributed by atoms with Crippen LogP contribution in [0.4, 0.5) is 0 Å². The lowest BCUT2D eigenvalue weighted by Gasteiger charge is -2.40. The summed E-state index contributed by atoms with van der Waals surface area (Å²) in [6.45, 7) is 2.37. The van der Waals surface area contributed by atoms with Gasteiger partial charge < -0.3 is 20.1 Å². The number of benzene rings is 2. The van der Waals surface area contributed by atoms with E-state index >= 15 is 0 Å². The van der Waals surface area contributed by atoms with Crippen molar-refractivity contribution in [3.63, 3.8) is 0 Å². The molecule has 2 aliphatic rings. The summed E-state index contributed by atoms with van der Waals surface area (Å²) in [7, 11) is 1.70. The molecule has 2 heterocycles. The molecule has 0 saturated carbocycles. The van der Waals surface area contributed by atoms with Crippen molar-refractivity contribution in [2.75, 3.05) is 20.3 Å². The van der Waals surface area contributed by atoms with E-state index < -0.39 is 0 Å². The van der Waals surface area contributed by atoms with Crippen LogP contribution in [0.2, 0.25) is 5.02 Å². The first kappa shape index (κ1) is 17.8. The second-order valence-corrected chi connectivity index (χ2v) is 7.57. The summed E-state index contributed by atoms with van der Waals surface area (Å²) in [5, 5.41) is 8.29. The summed E-state index contributed by atoms with van der Waals surface area (Å²) in [5.41, 5.74) is 2.39. The van der Waals surface area contributed by atoms with Gasteiger partial charge in [-0.05, 0) is 30.2 Å². The van der Waals surface area contributed by atoms with E-state index in [0.29, 0.717) is 18.0 Å². The second kappa shape index (κ2) is 7.97. The van der Waals surface area contributed by atoms with Gasteiger partial charge in [-0.1, -0.05) is 41.9 Å². The SMILES string of the molecule is COc1ccc(Cl)cc1CNC1CC2COCC2NC1c1ccccc1. The summed E-state index contributed by atoms with van der Waals surface area (Å²) in [6.07, 6.45) is 1.10. The molecule has 0 bridgehead atoms. The van der Waals surface area contributed by atoms with Gasteiger partial charge in [-0.2, -0.15) is 0 Å². The van der Waals surface area contributed by atoms with Crippen LogP contribution in [-0.2, 0) is 11.3 Å². The first-order valence-corrected chi connectivity index (χ1v) is 9.57. The van der Waals surface area contributed by atoms with Crippen LogP contribution in [0.5, 0.6) is 5.75 Å². The number of rotatable bonds is 5. The standard InChI is InChI=1S/C21H25ClN2O2/c1-25-20-8-7-17(22)9-15(20)11-23-18-10-16-12-26-13-19(16)24-21(18)14-5-3-2-4-6-14/h2-9,16,18-19,21,23-24H,10-13H2,1H3. The van der Waals surface area contributed by atoms with Crippen LogP contribution in [0.3, 0.4) is 0 Å². The number of hydrogen-bond acceptors (Lipinski definition) is 4. The molecule has 4 atom stereocenters. The lowest BCUT2D eigenvalue weighted by Crippen LogP contribution is -2.53. The van der Waals surface area contributed by atoms with Gasteiger partial charge in [-0.15, -0.1) is 0 Å². The highest BCUT2D eigenvalue weighted by Gasteiger charge is 2.40. The van der Waals surface area contributed by atoms with E-state index in [1.54, 1.807) is 7.11 Å². The molecule has 26 heavy (non-hydrogen) atoms. The van der Waals surface area contributed by atoms with Crippen molar-refractivity contribution in [3.05, 3.63) is 64.7 Å². The minimum atomic E-state index is 0.268. The monoisotopic (exact) mass is 372 g/mol. The van der Waals surface area contributed by atoms with E-state index in [1.165, 1.54) is 5.56 Å². The van der Waals surface area contributed by atoms with Gasteiger partial charge in [0.1, 0.15) is 5.75 Å². The second-order valence-electron chi connectivity index (χ2n) is 7.14. The first-order valence-electron chi connectivity index (χ1n) is 9.19. The van der Waals surface area contributed by atoms with Gasteiger partial charge in [-0.3, -0.25) is 0 Å². The van der Waals surface area contributed by atoms with Gasteiger partial charge in [0.2, 0.25) is 0 Å². The molecule has 4 rings (SSSR count). The van der Waals surface area contributed by atoms with Crippen molar-refractivity contribution in [1.29, 1.82) is 0 Å². The molecule has 2 aliphatic heterocycles. The van der Waals surface area contributed by atoms with Gasteiger partial charge in [0.05, 0.1) is 20.3 Å². The van der Waals surface area contributed by atoms with E-state index in [-0.39, 0.29) is 6.04 Å². The number of methoxy groups -OCH3 is 1. The third-order valence-corrected chi connectivity index (χ3v) is 5.74. The summed E-state index contributed by atoms with van der Waals surface area (Å²) >= 11 is 6.18. The van der Waals surface area contributed by atoms with Crippen molar-refractivity contribution >= 4 is 11.6 Å². The molecule has 4 unspecified atom stereocenters. The van der Waals surface area contributed by atoms with Gasteiger partial charge in [0.15, 0.2) is 0 Å². The topological polar surface area (TPSA) is 42.5 Å². The number of nitrogens with one attached hydrogen (secondary N) is 2. The van der Waals surface area contributed by atoms with Crippen LogP contribution < -0.4 is 15.4 Å². The Morgan fingerprint density at radius 3 is 2.85 bits per heavy atom. The van der Waals surface area contributed by atoms with Gasteiger partial charge in [0.25, 0.3) is 0 Å². The molecule has 2 saturated heterocycles. The molecule has 2 N–H and O–H groups in total. The Balaban J connectivity index is 1.53. The van der Waals surface area contributed by atoms with E-state index in [9.17, 15) is 0 Å². The molecule has 0 amide bonds. The predicted octanol–water partition coefficient (Wildman–Crippen LogP) is 3.56. The van der Waals surface area contributed by atoms with Gasteiger partial charge >= 0.3 is 0 Å². The third-order valence-electron chi connectivity index (χ3n) is 5.51. The molecule has 2 aromatic rings. The van der Waals surface area contributed by atoms with E-state index in [2.05, 4.69) is 41.0 Å². The first-order chi connectivity index (χ1) is 12.7. The Hall–Kier alpha value is -1.59. The summed E-state index contributed by atoms with van der Waals surface area (Å²) < 4.78 is 11.2. The van der Waals surface area contributed by atoms with Crippen molar-refractivity contribution in [3.8, 4) is 5.75 Å². The van der Waals surface area contributed by atoms with Crippen molar-refractivity contribution in [2.24, 2.45) is 5.92 Å². The van der Waals surface area contributed by atoms with Gasteiger partial charge in [-0.25, -0.2) is 0 Å². The molecule has 2 aromatic carbocycles. The Labute approximate surface area is 159 Å². The van der Waals surface area contributed by atoms with Crippen LogP contribution in [0.15, 0.2) is 48.5 Å². The largest absolute Gasteiger partial charge is 0.496 e. The number of piperidine rings is 1. The highest BCUT2D eigenvalue weighted by Crippen LogP contribution is 2.33. The molecule has 0 radical (unpaired) electrons. The minimum Gasteiger partial charge on any atom is -0.496 e. The maximum atomic E-state index is 6.18. The normalized spacial score (nSPS) is 27.9. The van der Waals surface area contributed by atoms with Crippen LogP contribution in [0.25, 0.3) is 0 Å². The maximum Gasteiger partial charge on any atom is 0.123 e. The number of halogens is 1. The molecule has 5 heteroatoms. The fourth-order valence-electron chi connectivity index (χ4n) is 4.14. The number of ether oxygens (including phenoxy) is 2. The molecule has 0 spiro atoms. The highest BCUT2D eigenvalue weighted by molar-refractivity contribution is 6.30. The number of fused-ring (bicyclic) bond motifs is 1. The lowest BCUT2D eigenvalue weighted by atomic mass is 9.83. The molecule has 4 nitrogen and oxygen atoms in total.